The second-order valence-corrected chi connectivity index (χ2v) is 2.34. The van der Waals surface area contributed by atoms with Gasteiger partial charge in [0.15, 0.2) is 0 Å². The summed E-state index contributed by atoms with van der Waals surface area (Å²) in [5.74, 6) is 0. The maximum atomic E-state index is 3.93. The first kappa shape index (κ1) is 7.79. The first-order valence-electron chi connectivity index (χ1n) is 3.63. The lowest BCUT2D eigenvalue weighted by atomic mass is 10.2. The highest BCUT2D eigenvalue weighted by atomic mass is 14.9. The minimum atomic E-state index is 1.07. The van der Waals surface area contributed by atoms with Gasteiger partial charge in [0.2, 0.25) is 0 Å². The molecule has 0 unspecified atom stereocenters. The summed E-state index contributed by atoms with van der Waals surface area (Å²) in [6.07, 6.45) is 9.56. The van der Waals surface area contributed by atoms with Crippen molar-refractivity contribution in [1.29, 1.82) is 0 Å². The van der Waals surface area contributed by atoms with Crippen molar-refractivity contribution in [2.75, 3.05) is 0 Å². The number of rotatable bonds is 2. The van der Waals surface area contributed by atoms with Crippen molar-refractivity contribution in [2.24, 2.45) is 0 Å². The van der Waals surface area contributed by atoms with E-state index in [1.807, 2.05) is 38.3 Å². The Kier molecular flexibility index (Phi) is 2.66. The van der Waals surface area contributed by atoms with E-state index in [1.54, 1.807) is 6.33 Å². The Hall–Kier alpha value is -1.31. The molecule has 0 aromatic carbocycles. The van der Waals surface area contributed by atoms with Crippen LogP contribution in [0.2, 0.25) is 0 Å². The zero-order chi connectivity index (χ0) is 8.10. The summed E-state index contributed by atoms with van der Waals surface area (Å²) in [6, 6.07) is 0. The Morgan fingerprint density at radius 3 is 3.00 bits per heavy atom. The Labute approximate surface area is 66.7 Å². The molecule has 0 amide bonds. The molecule has 0 aliphatic rings. The molecule has 1 aromatic heterocycles. The minimum absolute atomic E-state index is 1.07. The maximum absolute atomic E-state index is 3.93. The lowest BCUT2D eigenvalue weighted by Gasteiger charge is -1.91. The van der Waals surface area contributed by atoms with E-state index < -0.39 is 0 Å². The molecular formula is C9H12N2. The van der Waals surface area contributed by atoms with Crippen LogP contribution in [0.25, 0.3) is 5.57 Å². The molecule has 0 fully saturated rings. The number of aromatic amines is 1. The molecule has 0 aliphatic carbocycles. The van der Waals surface area contributed by atoms with Crippen LogP contribution in [0.5, 0.6) is 0 Å². The monoisotopic (exact) mass is 148 g/mol. The summed E-state index contributed by atoms with van der Waals surface area (Å²) in [7, 11) is 0. The lowest BCUT2D eigenvalue weighted by molar-refractivity contribution is 1.30. The van der Waals surface area contributed by atoms with Crippen molar-refractivity contribution in [3.63, 3.8) is 0 Å². The summed E-state index contributed by atoms with van der Waals surface area (Å²) in [5.41, 5.74) is 2.27. The van der Waals surface area contributed by atoms with Gasteiger partial charge in [-0.1, -0.05) is 18.2 Å². The summed E-state index contributed by atoms with van der Waals surface area (Å²) >= 11 is 0. The number of allylic oxidation sites excluding steroid dienone is 4. The van der Waals surface area contributed by atoms with Gasteiger partial charge in [-0.3, -0.25) is 0 Å². The lowest BCUT2D eigenvalue weighted by Crippen LogP contribution is -1.75. The van der Waals surface area contributed by atoms with Crippen LogP contribution in [0.4, 0.5) is 0 Å². The average Bonchev–Trinajstić information content (AvgIpc) is 2.52. The van der Waals surface area contributed by atoms with Crippen molar-refractivity contribution in [2.45, 2.75) is 13.8 Å². The number of hydrogen-bond acceptors (Lipinski definition) is 1. The summed E-state index contributed by atoms with van der Waals surface area (Å²) in [6.45, 7) is 4.05. The van der Waals surface area contributed by atoms with Crippen LogP contribution in [0.1, 0.15) is 19.5 Å². The van der Waals surface area contributed by atoms with Crippen LogP contribution in [0, 0.1) is 0 Å². The van der Waals surface area contributed by atoms with Gasteiger partial charge in [0.1, 0.15) is 0 Å². The summed E-state index contributed by atoms with van der Waals surface area (Å²) < 4.78 is 0. The maximum Gasteiger partial charge on any atom is 0.0924 e. The van der Waals surface area contributed by atoms with E-state index in [0.717, 1.165) is 5.69 Å². The van der Waals surface area contributed by atoms with Gasteiger partial charge in [-0.25, -0.2) is 4.98 Å². The molecule has 2 heteroatoms. The Morgan fingerprint density at radius 2 is 2.45 bits per heavy atom. The number of H-pyrrole nitrogens is 1. The quantitative estimate of drug-likeness (QED) is 0.641. The van der Waals surface area contributed by atoms with Crippen molar-refractivity contribution in [3.05, 3.63) is 36.4 Å². The van der Waals surface area contributed by atoms with Crippen molar-refractivity contribution in [1.82, 2.24) is 9.97 Å². The van der Waals surface area contributed by atoms with Gasteiger partial charge in [0.25, 0.3) is 0 Å². The highest BCUT2D eigenvalue weighted by Gasteiger charge is 1.92. The van der Waals surface area contributed by atoms with E-state index in [9.17, 15) is 0 Å². The number of imidazole rings is 1. The van der Waals surface area contributed by atoms with Crippen LogP contribution in [-0.4, -0.2) is 9.97 Å². The Bertz CT molecular complexity index is 255. The van der Waals surface area contributed by atoms with Crippen LogP contribution < -0.4 is 0 Å². The standard InChI is InChI=1S/C9H12N2/c1-3-4-5-8(2)9-6-10-7-11-9/h3-7H,1-2H3,(H,10,11)/b4-3-,8-5-. The van der Waals surface area contributed by atoms with Gasteiger partial charge in [0.05, 0.1) is 18.2 Å². The van der Waals surface area contributed by atoms with Crippen LogP contribution in [-0.2, 0) is 0 Å². The predicted molar refractivity (Wildman–Crippen MR) is 47.1 cm³/mol. The molecule has 1 rings (SSSR count). The molecule has 0 aliphatic heterocycles. The number of aromatic nitrogens is 2. The molecule has 0 saturated carbocycles. The van der Waals surface area contributed by atoms with E-state index in [-0.39, 0.29) is 0 Å². The zero-order valence-corrected chi connectivity index (χ0v) is 6.83. The van der Waals surface area contributed by atoms with E-state index >= 15 is 0 Å². The molecule has 1 aromatic rings. The molecule has 0 atom stereocenters. The number of nitrogens with one attached hydrogen (secondary N) is 1. The average molecular weight is 148 g/mol. The van der Waals surface area contributed by atoms with E-state index in [1.165, 1.54) is 5.57 Å². The molecular weight excluding hydrogens is 136 g/mol. The molecule has 2 nitrogen and oxygen atoms in total. The van der Waals surface area contributed by atoms with Crippen molar-refractivity contribution < 1.29 is 0 Å². The third kappa shape index (κ3) is 2.08. The van der Waals surface area contributed by atoms with Gasteiger partial charge < -0.3 is 4.98 Å². The number of nitrogens with zero attached hydrogens (tertiary/aromatic N) is 1. The highest BCUT2D eigenvalue weighted by molar-refractivity contribution is 5.61. The SMILES string of the molecule is C/C=C\C=C(\C)c1cnc[nH]1. The van der Waals surface area contributed by atoms with Crippen molar-refractivity contribution in [3.8, 4) is 0 Å². The van der Waals surface area contributed by atoms with Crippen LogP contribution in [0.15, 0.2) is 30.8 Å². The molecule has 11 heavy (non-hydrogen) atoms. The zero-order valence-electron chi connectivity index (χ0n) is 6.83. The van der Waals surface area contributed by atoms with E-state index in [0.29, 0.717) is 0 Å². The highest BCUT2D eigenvalue weighted by Crippen LogP contribution is 2.08. The normalized spacial score (nSPS) is 12.7. The molecule has 1 heterocycles. The fraction of sp³-hybridized carbons (Fsp3) is 0.222. The fourth-order valence-corrected chi connectivity index (χ4v) is 0.802. The fourth-order valence-electron chi connectivity index (χ4n) is 0.802. The second kappa shape index (κ2) is 3.76. The minimum Gasteiger partial charge on any atom is -0.345 e. The third-order valence-corrected chi connectivity index (χ3v) is 1.46. The first-order chi connectivity index (χ1) is 5.34. The Balaban J connectivity index is 2.77. The number of hydrogen-bond donors (Lipinski definition) is 1. The van der Waals surface area contributed by atoms with Crippen molar-refractivity contribution >= 4 is 5.57 Å². The Morgan fingerprint density at radius 1 is 1.64 bits per heavy atom. The molecule has 0 saturated heterocycles. The van der Waals surface area contributed by atoms with Crippen LogP contribution >= 0.6 is 0 Å². The van der Waals surface area contributed by atoms with Crippen LogP contribution in [0.3, 0.4) is 0 Å². The molecule has 0 radical (unpaired) electrons. The largest absolute Gasteiger partial charge is 0.345 e. The predicted octanol–water partition coefficient (Wildman–Crippen LogP) is 2.39. The van der Waals surface area contributed by atoms with Gasteiger partial charge in [-0.15, -0.1) is 0 Å². The van der Waals surface area contributed by atoms with Gasteiger partial charge in [-0.05, 0) is 19.4 Å². The molecule has 1 N–H and O–H groups in total. The first-order valence-corrected chi connectivity index (χ1v) is 3.63. The van der Waals surface area contributed by atoms with Gasteiger partial charge in [0, 0.05) is 0 Å². The van der Waals surface area contributed by atoms with Gasteiger partial charge >= 0.3 is 0 Å². The molecule has 0 bridgehead atoms. The molecule has 0 spiro atoms. The van der Waals surface area contributed by atoms with E-state index in [2.05, 4.69) is 9.97 Å². The summed E-state index contributed by atoms with van der Waals surface area (Å²) in [5, 5.41) is 0. The summed E-state index contributed by atoms with van der Waals surface area (Å²) in [4.78, 5) is 6.96. The topological polar surface area (TPSA) is 28.7 Å². The third-order valence-electron chi connectivity index (χ3n) is 1.46. The van der Waals surface area contributed by atoms with Gasteiger partial charge in [-0.2, -0.15) is 0 Å². The smallest absolute Gasteiger partial charge is 0.0924 e. The second-order valence-electron chi connectivity index (χ2n) is 2.34. The van der Waals surface area contributed by atoms with E-state index in [4.69, 9.17) is 0 Å². The molecule has 58 valence electrons.